The quantitative estimate of drug-likeness (QED) is 0.883. The van der Waals surface area contributed by atoms with E-state index in [-0.39, 0.29) is 18.4 Å². The first-order chi connectivity index (χ1) is 6.15. The van der Waals surface area contributed by atoms with Crippen molar-refractivity contribution in [2.45, 2.75) is 25.8 Å². The van der Waals surface area contributed by atoms with Gasteiger partial charge in [0.1, 0.15) is 0 Å². The van der Waals surface area contributed by atoms with Gasteiger partial charge in [-0.25, -0.2) is 0 Å². The summed E-state index contributed by atoms with van der Waals surface area (Å²) in [5.74, 6) is 0. The van der Waals surface area contributed by atoms with Crippen molar-refractivity contribution in [1.29, 1.82) is 0 Å². The molecule has 14 heavy (non-hydrogen) atoms. The summed E-state index contributed by atoms with van der Waals surface area (Å²) in [4.78, 5) is 0. The van der Waals surface area contributed by atoms with E-state index in [1.54, 1.807) is 0 Å². The van der Waals surface area contributed by atoms with Crippen LogP contribution in [-0.4, -0.2) is 0 Å². The second-order valence-corrected chi connectivity index (χ2v) is 4.35. The van der Waals surface area contributed by atoms with Crippen molar-refractivity contribution in [3.05, 3.63) is 33.3 Å². The zero-order valence-electron chi connectivity index (χ0n) is 7.97. The van der Waals surface area contributed by atoms with Crippen LogP contribution in [0.5, 0.6) is 0 Å². The first-order valence-electron chi connectivity index (χ1n) is 4.35. The second-order valence-electron chi connectivity index (χ2n) is 3.06. The lowest BCUT2D eigenvalue weighted by Gasteiger charge is -2.12. The smallest absolute Gasteiger partial charge is 0.0410 e. The highest BCUT2D eigenvalue weighted by Gasteiger charge is 2.08. The van der Waals surface area contributed by atoms with Gasteiger partial charge in [-0.15, -0.1) is 12.4 Å². The molecule has 0 amide bonds. The molecule has 1 nitrogen and oxygen atoms in total. The molecule has 1 atom stereocenters. The lowest BCUT2D eigenvalue weighted by atomic mass is 10.0. The third kappa shape index (κ3) is 3.77. The van der Waals surface area contributed by atoms with Crippen LogP contribution < -0.4 is 5.73 Å². The minimum atomic E-state index is 0. The molecule has 0 aliphatic rings. The molecular weight excluding hydrogens is 285 g/mol. The molecule has 1 aromatic carbocycles. The van der Waals surface area contributed by atoms with E-state index in [2.05, 4.69) is 22.9 Å². The van der Waals surface area contributed by atoms with Gasteiger partial charge in [0.2, 0.25) is 0 Å². The van der Waals surface area contributed by atoms with E-state index in [0.29, 0.717) is 0 Å². The van der Waals surface area contributed by atoms with Crippen molar-refractivity contribution in [3.63, 3.8) is 0 Å². The molecule has 0 saturated heterocycles. The van der Waals surface area contributed by atoms with Crippen LogP contribution in [0.25, 0.3) is 0 Å². The van der Waals surface area contributed by atoms with Crippen LogP contribution in [0.2, 0.25) is 5.02 Å². The molecule has 0 bridgehead atoms. The number of hydrogen-bond acceptors (Lipinski definition) is 1. The Labute approximate surface area is 105 Å². The molecule has 1 rings (SSSR count). The van der Waals surface area contributed by atoms with Crippen molar-refractivity contribution < 1.29 is 0 Å². The number of hydrogen-bond donors (Lipinski definition) is 1. The lowest BCUT2D eigenvalue weighted by molar-refractivity contribution is 0.636. The number of rotatable bonds is 3. The van der Waals surface area contributed by atoms with Gasteiger partial charge in [0, 0.05) is 15.5 Å². The van der Waals surface area contributed by atoms with Gasteiger partial charge < -0.3 is 5.73 Å². The predicted octanol–water partition coefficient (Wildman–Crippen LogP) is 4.32. The van der Waals surface area contributed by atoms with Crippen LogP contribution >= 0.6 is 39.9 Å². The fourth-order valence-corrected chi connectivity index (χ4v) is 1.99. The molecule has 0 heterocycles. The van der Waals surface area contributed by atoms with Crippen molar-refractivity contribution >= 4 is 39.9 Å². The van der Waals surface area contributed by atoms with E-state index >= 15 is 0 Å². The zero-order chi connectivity index (χ0) is 9.84. The average molecular weight is 299 g/mol. The largest absolute Gasteiger partial charge is 0.324 e. The van der Waals surface area contributed by atoms with Crippen molar-refractivity contribution in [2.24, 2.45) is 5.73 Å². The molecule has 0 aliphatic carbocycles. The van der Waals surface area contributed by atoms with Gasteiger partial charge >= 0.3 is 0 Å². The topological polar surface area (TPSA) is 26.0 Å². The number of nitrogens with two attached hydrogens (primary N) is 1. The van der Waals surface area contributed by atoms with E-state index in [1.165, 1.54) is 0 Å². The van der Waals surface area contributed by atoms with E-state index < -0.39 is 0 Å². The van der Waals surface area contributed by atoms with Crippen molar-refractivity contribution in [2.75, 3.05) is 0 Å². The van der Waals surface area contributed by atoms with E-state index in [9.17, 15) is 0 Å². The molecular formula is C10H14BrCl2N. The maximum Gasteiger partial charge on any atom is 0.0410 e. The van der Waals surface area contributed by atoms with Crippen LogP contribution in [0, 0.1) is 0 Å². The van der Waals surface area contributed by atoms with E-state index in [0.717, 1.165) is 27.9 Å². The summed E-state index contributed by atoms with van der Waals surface area (Å²) >= 11 is 9.35. The maximum atomic E-state index is 5.99. The molecule has 0 radical (unpaired) electrons. The highest BCUT2D eigenvalue weighted by Crippen LogP contribution is 2.27. The SMILES string of the molecule is CCC[C@H](N)c1cc(Cl)ccc1Br.Cl. The Hall–Kier alpha value is 0.240. The van der Waals surface area contributed by atoms with E-state index in [4.69, 9.17) is 17.3 Å². The highest BCUT2D eigenvalue weighted by molar-refractivity contribution is 9.10. The molecule has 0 fully saturated rings. The molecule has 0 saturated carbocycles. The zero-order valence-corrected chi connectivity index (χ0v) is 11.1. The monoisotopic (exact) mass is 297 g/mol. The van der Waals surface area contributed by atoms with Crippen molar-refractivity contribution in [1.82, 2.24) is 0 Å². The summed E-state index contributed by atoms with van der Waals surface area (Å²) in [5.41, 5.74) is 7.08. The van der Waals surface area contributed by atoms with Gasteiger partial charge in [0.15, 0.2) is 0 Å². The fraction of sp³-hybridized carbons (Fsp3) is 0.400. The standard InChI is InChI=1S/C10H13BrClN.ClH/c1-2-3-10(13)8-6-7(12)4-5-9(8)11;/h4-6,10H,2-3,13H2,1H3;1H/t10-;/m0./s1. The summed E-state index contributed by atoms with van der Waals surface area (Å²) in [6, 6.07) is 5.80. The van der Waals surface area contributed by atoms with Gasteiger partial charge in [0.05, 0.1) is 0 Å². The Morgan fingerprint density at radius 2 is 2.14 bits per heavy atom. The molecule has 2 N–H and O–H groups in total. The Bertz CT molecular complexity index is 291. The molecule has 0 unspecified atom stereocenters. The van der Waals surface area contributed by atoms with Crippen LogP contribution in [-0.2, 0) is 0 Å². The molecule has 0 aliphatic heterocycles. The normalized spacial score (nSPS) is 12.0. The molecule has 0 aromatic heterocycles. The van der Waals surface area contributed by atoms with Gasteiger partial charge in [-0.3, -0.25) is 0 Å². The predicted molar refractivity (Wildman–Crippen MR) is 68.2 cm³/mol. The Morgan fingerprint density at radius 3 is 2.71 bits per heavy atom. The minimum Gasteiger partial charge on any atom is -0.324 e. The van der Waals surface area contributed by atoms with Gasteiger partial charge in [-0.05, 0) is 30.2 Å². The lowest BCUT2D eigenvalue weighted by Crippen LogP contribution is -2.10. The highest BCUT2D eigenvalue weighted by atomic mass is 79.9. The molecule has 80 valence electrons. The Kier molecular flexibility index (Phi) is 6.79. The van der Waals surface area contributed by atoms with Crippen LogP contribution in [0.1, 0.15) is 31.4 Å². The maximum absolute atomic E-state index is 5.99. The summed E-state index contributed by atoms with van der Waals surface area (Å²) in [5, 5.41) is 0.741. The Morgan fingerprint density at radius 1 is 1.50 bits per heavy atom. The van der Waals surface area contributed by atoms with Crippen LogP contribution in [0.15, 0.2) is 22.7 Å². The molecule has 4 heteroatoms. The first kappa shape index (κ1) is 14.2. The number of halogens is 3. The summed E-state index contributed by atoms with van der Waals surface area (Å²) in [6.07, 6.45) is 2.07. The summed E-state index contributed by atoms with van der Waals surface area (Å²) in [6.45, 7) is 2.12. The van der Waals surface area contributed by atoms with Gasteiger partial charge in [-0.1, -0.05) is 40.9 Å². The third-order valence-corrected chi connectivity index (χ3v) is 2.91. The molecule has 1 aromatic rings. The van der Waals surface area contributed by atoms with Gasteiger partial charge in [0.25, 0.3) is 0 Å². The minimum absolute atomic E-state index is 0. The summed E-state index contributed by atoms with van der Waals surface area (Å²) < 4.78 is 1.04. The van der Waals surface area contributed by atoms with Gasteiger partial charge in [-0.2, -0.15) is 0 Å². The second kappa shape index (κ2) is 6.67. The Balaban J connectivity index is 0.00000169. The fourth-order valence-electron chi connectivity index (χ4n) is 1.27. The van der Waals surface area contributed by atoms with Crippen molar-refractivity contribution in [3.8, 4) is 0 Å². The van der Waals surface area contributed by atoms with Crippen LogP contribution in [0.3, 0.4) is 0 Å². The number of benzene rings is 1. The molecule has 0 spiro atoms. The first-order valence-corrected chi connectivity index (χ1v) is 5.52. The average Bonchev–Trinajstić information content (AvgIpc) is 2.09. The van der Waals surface area contributed by atoms with Crippen LogP contribution in [0.4, 0.5) is 0 Å². The van der Waals surface area contributed by atoms with E-state index in [1.807, 2.05) is 18.2 Å². The summed E-state index contributed by atoms with van der Waals surface area (Å²) in [7, 11) is 0. The third-order valence-electron chi connectivity index (χ3n) is 1.96.